The molecule has 0 saturated heterocycles. The van der Waals surface area contributed by atoms with E-state index in [1.807, 2.05) is 37.3 Å². The smallest absolute Gasteiger partial charge is 0.279 e. The first-order valence-electron chi connectivity index (χ1n) is 9.11. The zero-order chi connectivity index (χ0) is 19.2. The van der Waals surface area contributed by atoms with E-state index in [9.17, 15) is 9.59 Å². The van der Waals surface area contributed by atoms with Gasteiger partial charge in [-0.1, -0.05) is 6.92 Å². The zero-order valence-electron chi connectivity index (χ0n) is 15.5. The van der Waals surface area contributed by atoms with Crippen LogP contribution in [0.5, 0.6) is 5.75 Å². The largest absolute Gasteiger partial charge is 0.494 e. The quantitative estimate of drug-likeness (QED) is 0.567. The predicted molar refractivity (Wildman–Crippen MR) is 109 cm³/mol. The number of thiophene rings is 1. The summed E-state index contributed by atoms with van der Waals surface area (Å²) in [6.45, 7) is 4.80. The Labute approximate surface area is 167 Å². The minimum absolute atomic E-state index is 0.229. The standard InChI is InChI=1S/C20H24N2O3S2/c1-3-25-15-5-7-16(8-6-15)26-12-19(23)21-22-20(24)18-11-14-10-13(2)4-9-17(14)27-18/h5-8,11,13H,3-4,9-10,12H2,1-2H3,(H,21,23)(H,22,24)/t13-/m1/s1. The van der Waals surface area contributed by atoms with Crippen LogP contribution in [0.3, 0.4) is 0 Å². The molecule has 1 heterocycles. The summed E-state index contributed by atoms with van der Waals surface area (Å²) in [7, 11) is 0. The van der Waals surface area contributed by atoms with Gasteiger partial charge in [0.15, 0.2) is 0 Å². The van der Waals surface area contributed by atoms with Crippen LogP contribution in [0.2, 0.25) is 0 Å². The van der Waals surface area contributed by atoms with Crippen molar-refractivity contribution in [1.29, 1.82) is 0 Å². The van der Waals surface area contributed by atoms with Gasteiger partial charge in [0.2, 0.25) is 5.91 Å². The molecule has 7 heteroatoms. The molecular formula is C20H24N2O3S2. The first-order chi connectivity index (χ1) is 13.0. The summed E-state index contributed by atoms with van der Waals surface area (Å²) in [6.07, 6.45) is 3.25. The Morgan fingerprint density at radius 2 is 2.04 bits per heavy atom. The van der Waals surface area contributed by atoms with Gasteiger partial charge in [0, 0.05) is 9.77 Å². The molecule has 1 aromatic carbocycles. The molecule has 1 aromatic heterocycles. The number of aryl methyl sites for hydroxylation is 1. The molecule has 2 aromatic rings. The van der Waals surface area contributed by atoms with Crippen molar-refractivity contribution in [1.82, 2.24) is 10.9 Å². The van der Waals surface area contributed by atoms with Crippen LogP contribution in [0.25, 0.3) is 0 Å². The van der Waals surface area contributed by atoms with Crippen LogP contribution in [0.1, 0.15) is 40.4 Å². The van der Waals surface area contributed by atoms with Crippen molar-refractivity contribution in [2.75, 3.05) is 12.4 Å². The summed E-state index contributed by atoms with van der Waals surface area (Å²) in [5.74, 6) is 1.22. The molecule has 5 nitrogen and oxygen atoms in total. The molecule has 0 saturated carbocycles. The van der Waals surface area contributed by atoms with E-state index in [0.29, 0.717) is 17.4 Å². The van der Waals surface area contributed by atoms with Crippen molar-refractivity contribution in [3.63, 3.8) is 0 Å². The van der Waals surface area contributed by atoms with Crippen LogP contribution in [0.15, 0.2) is 35.2 Å². The van der Waals surface area contributed by atoms with Crippen LogP contribution in [0.4, 0.5) is 0 Å². The minimum Gasteiger partial charge on any atom is -0.494 e. The number of nitrogens with one attached hydrogen (secondary N) is 2. The third-order valence-corrected chi connectivity index (χ3v) is 6.62. The summed E-state index contributed by atoms with van der Waals surface area (Å²) >= 11 is 2.94. The number of hydrogen-bond donors (Lipinski definition) is 2. The Kier molecular flexibility index (Phi) is 6.79. The molecule has 1 atom stereocenters. The van der Waals surface area contributed by atoms with Gasteiger partial charge in [-0.25, -0.2) is 0 Å². The minimum atomic E-state index is -0.249. The first kappa shape index (κ1) is 19.8. The lowest BCUT2D eigenvalue weighted by atomic mass is 9.90. The highest BCUT2D eigenvalue weighted by molar-refractivity contribution is 8.00. The second-order valence-corrected chi connectivity index (χ2v) is 8.79. The molecule has 27 heavy (non-hydrogen) atoms. The molecule has 1 aliphatic carbocycles. The summed E-state index contributed by atoms with van der Waals surface area (Å²) < 4.78 is 5.39. The molecular weight excluding hydrogens is 380 g/mol. The lowest BCUT2D eigenvalue weighted by Crippen LogP contribution is -2.42. The van der Waals surface area contributed by atoms with Crippen molar-refractivity contribution in [2.24, 2.45) is 5.92 Å². The van der Waals surface area contributed by atoms with Crippen LogP contribution >= 0.6 is 23.1 Å². The van der Waals surface area contributed by atoms with E-state index < -0.39 is 0 Å². The van der Waals surface area contributed by atoms with Gasteiger partial charge in [0.1, 0.15) is 5.75 Å². The average Bonchev–Trinajstić information content (AvgIpc) is 3.09. The summed E-state index contributed by atoms with van der Waals surface area (Å²) in [6, 6.07) is 9.55. The molecule has 0 unspecified atom stereocenters. The number of thioether (sulfide) groups is 1. The summed E-state index contributed by atoms with van der Waals surface area (Å²) in [5, 5.41) is 0. The van der Waals surface area contributed by atoms with Crippen LogP contribution in [-0.4, -0.2) is 24.2 Å². The van der Waals surface area contributed by atoms with Gasteiger partial charge in [-0.3, -0.25) is 20.4 Å². The van der Waals surface area contributed by atoms with Gasteiger partial charge in [0.05, 0.1) is 17.2 Å². The Bertz CT molecular complexity index is 802. The zero-order valence-corrected chi connectivity index (χ0v) is 17.2. The summed E-state index contributed by atoms with van der Waals surface area (Å²) in [4.78, 5) is 27.2. The monoisotopic (exact) mass is 404 g/mol. The molecule has 0 aliphatic heterocycles. The van der Waals surface area contributed by atoms with E-state index in [1.165, 1.54) is 40.0 Å². The normalized spacial score (nSPS) is 15.7. The predicted octanol–water partition coefficient (Wildman–Crippen LogP) is 3.82. The summed E-state index contributed by atoms with van der Waals surface area (Å²) in [5.41, 5.74) is 6.29. The number of amides is 2. The fourth-order valence-corrected chi connectivity index (χ4v) is 4.79. The van der Waals surface area contributed by atoms with E-state index in [1.54, 1.807) is 0 Å². The molecule has 2 amide bonds. The SMILES string of the molecule is CCOc1ccc(SCC(=O)NNC(=O)c2cc3c(s2)CC[C@@H](C)C3)cc1. The number of ether oxygens (including phenoxy) is 1. The third-order valence-electron chi connectivity index (χ3n) is 4.37. The molecule has 3 rings (SSSR count). The van der Waals surface area contributed by atoms with E-state index in [0.717, 1.165) is 23.5 Å². The van der Waals surface area contributed by atoms with Crippen molar-refractivity contribution in [3.05, 3.63) is 45.6 Å². The molecule has 144 valence electrons. The highest BCUT2D eigenvalue weighted by atomic mass is 32.2. The number of rotatable bonds is 6. The highest BCUT2D eigenvalue weighted by Gasteiger charge is 2.20. The number of hydrogen-bond acceptors (Lipinski definition) is 5. The van der Waals surface area contributed by atoms with Crippen molar-refractivity contribution < 1.29 is 14.3 Å². The van der Waals surface area contributed by atoms with Gasteiger partial charge in [-0.05, 0) is 68.0 Å². The Morgan fingerprint density at radius 3 is 2.78 bits per heavy atom. The van der Waals surface area contributed by atoms with Crippen LogP contribution in [0, 0.1) is 5.92 Å². The first-order valence-corrected chi connectivity index (χ1v) is 10.9. The average molecular weight is 405 g/mol. The Balaban J connectivity index is 1.44. The second-order valence-electron chi connectivity index (χ2n) is 6.60. The topological polar surface area (TPSA) is 67.4 Å². The number of hydrazine groups is 1. The molecule has 0 fully saturated rings. The van der Waals surface area contributed by atoms with Gasteiger partial charge in [0.25, 0.3) is 5.91 Å². The maximum absolute atomic E-state index is 12.3. The lowest BCUT2D eigenvalue weighted by molar-refractivity contribution is -0.119. The van der Waals surface area contributed by atoms with E-state index in [4.69, 9.17) is 4.74 Å². The van der Waals surface area contributed by atoms with Crippen LogP contribution < -0.4 is 15.6 Å². The van der Waals surface area contributed by atoms with E-state index in [-0.39, 0.29) is 17.6 Å². The lowest BCUT2D eigenvalue weighted by Gasteiger charge is -2.16. The van der Waals surface area contributed by atoms with Crippen LogP contribution in [-0.2, 0) is 17.6 Å². The van der Waals surface area contributed by atoms with Gasteiger partial charge in [-0.2, -0.15) is 0 Å². The fraction of sp³-hybridized carbons (Fsp3) is 0.400. The maximum Gasteiger partial charge on any atom is 0.279 e. The third kappa shape index (κ3) is 5.49. The Hall–Kier alpha value is -1.99. The van der Waals surface area contributed by atoms with Gasteiger partial charge >= 0.3 is 0 Å². The maximum atomic E-state index is 12.3. The van der Waals surface area contributed by atoms with E-state index in [2.05, 4.69) is 17.8 Å². The molecule has 0 bridgehead atoms. The molecule has 0 spiro atoms. The number of carbonyl (C=O) groups is 2. The molecule has 2 N–H and O–H groups in total. The number of carbonyl (C=O) groups excluding carboxylic acids is 2. The van der Waals surface area contributed by atoms with E-state index >= 15 is 0 Å². The molecule has 0 radical (unpaired) electrons. The second kappa shape index (κ2) is 9.28. The Morgan fingerprint density at radius 1 is 1.26 bits per heavy atom. The number of benzene rings is 1. The van der Waals surface area contributed by atoms with Crippen molar-refractivity contribution in [3.8, 4) is 5.75 Å². The number of fused-ring (bicyclic) bond motifs is 1. The van der Waals surface area contributed by atoms with Crippen molar-refractivity contribution in [2.45, 2.75) is 38.0 Å². The van der Waals surface area contributed by atoms with Gasteiger partial charge in [-0.15, -0.1) is 23.1 Å². The molecule has 1 aliphatic rings. The highest BCUT2D eigenvalue weighted by Crippen LogP contribution is 2.32. The fourth-order valence-electron chi connectivity index (χ4n) is 2.99. The van der Waals surface area contributed by atoms with Gasteiger partial charge < -0.3 is 4.74 Å². The van der Waals surface area contributed by atoms with Crippen molar-refractivity contribution >= 4 is 34.9 Å².